The molecule has 0 aromatic heterocycles. The molecule has 2 aromatic rings. The van der Waals surface area contributed by atoms with Gasteiger partial charge >= 0.3 is 5.97 Å². The van der Waals surface area contributed by atoms with Crippen LogP contribution < -0.4 is 5.73 Å². The number of aromatic hydroxyl groups is 1. The van der Waals surface area contributed by atoms with Crippen LogP contribution in [-0.4, -0.2) is 16.2 Å². The van der Waals surface area contributed by atoms with Crippen LogP contribution in [0.25, 0.3) is 10.8 Å². The Kier molecular flexibility index (Phi) is 1.97. The number of nitrogens with two attached hydrogens (primary N) is 1. The molecule has 0 radical (unpaired) electrons. The summed E-state index contributed by atoms with van der Waals surface area (Å²) in [7, 11) is 0. The molecule has 2 aromatic carbocycles. The molecule has 0 spiro atoms. The largest absolute Gasteiger partial charge is 0.506 e. The number of nitrogen functional groups attached to an aromatic ring is 1. The van der Waals surface area contributed by atoms with Gasteiger partial charge in [0.1, 0.15) is 11.3 Å². The van der Waals surface area contributed by atoms with Crippen molar-refractivity contribution in [2.45, 2.75) is 0 Å². The Labute approximate surface area is 85.6 Å². The Bertz CT molecular complexity index is 549. The maximum atomic E-state index is 10.7. The Hall–Kier alpha value is -2.23. The van der Waals surface area contributed by atoms with Gasteiger partial charge in [0.2, 0.25) is 0 Å². The summed E-state index contributed by atoms with van der Waals surface area (Å²) in [4.78, 5) is 10.7. The molecule has 0 aliphatic rings. The molecule has 4 N–H and O–H groups in total. The lowest BCUT2D eigenvalue weighted by Crippen LogP contribution is -1.96. The summed E-state index contributed by atoms with van der Waals surface area (Å²) in [6.45, 7) is 0. The van der Waals surface area contributed by atoms with Gasteiger partial charge in [-0.1, -0.05) is 6.07 Å². The van der Waals surface area contributed by atoms with E-state index in [9.17, 15) is 9.90 Å². The molecule has 0 aliphatic carbocycles. The van der Waals surface area contributed by atoms with E-state index in [1.165, 1.54) is 6.07 Å². The van der Waals surface area contributed by atoms with Gasteiger partial charge < -0.3 is 15.9 Å². The molecule has 0 heterocycles. The highest BCUT2D eigenvalue weighted by molar-refractivity contribution is 6.00. The van der Waals surface area contributed by atoms with Gasteiger partial charge in [-0.15, -0.1) is 0 Å². The summed E-state index contributed by atoms with van der Waals surface area (Å²) in [5.74, 6) is -1.37. The zero-order valence-corrected chi connectivity index (χ0v) is 7.77. The standard InChI is InChI=1S/C11H9NO3/c12-7-2-4-8-6(5-7)1-3-9(10(8)13)11(14)15/h1-5,13H,12H2,(H,14,15). The van der Waals surface area contributed by atoms with Crippen LogP contribution in [0.1, 0.15) is 10.4 Å². The highest BCUT2D eigenvalue weighted by Gasteiger charge is 2.11. The minimum atomic E-state index is -1.15. The summed E-state index contributed by atoms with van der Waals surface area (Å²) in [6, 6.07) is 7.88. The van der Waals surface area contributed by atoms with Crippen molar-refractivity contribution in [1.82, 2.24) is 0 Å². The van der Waals surface area contributed by atoms with Crippen LogP contribution in [0, 0.1) is 0 Å². The SMILES string of the molecule is Nc1ccc2c(O)c(C(=O)O)ccc2c1. The molecule has 0 unspecified atom stereocenters. The summed E-state index contributed by atoms with van der Waals surface area (Å²) >= 11 is 0. The number of hydrogen-bond donors (Lipinski definition) is 3. The van der Waals surface area contributed by atoms with Gasteiger partial charge in [0.05, 0.1) is 0 Å². The van der Waals surface area contributed by atoms with Crippen molar-refractivity contribution >= 4 is 22.4 Å². The number of rotatable bonds is 1. The van der Waals surface area contributed by atoms with Gasteiger partial charge in [0, 0.05) is 11.1 Å². The molecule has 0 amide bonds. The van der Waals surface area contributed by atoms with Crippen molar-refractivity contribution in [3.05, 3.63) is 35.9 Å². The molecule has 76 valence electrons. The Morgan fingerprint density at radius 3 is 2.60 bits per heavy atom. The van der Waals surface area contributed by atoms with E-state index < -0.39 is 5.97 Å². The third-order valence-corrected chi connectivity index (χ3v) is 2.25. The van der Waals surface area contributed by atoms with Crippen LogP contribution in [0.2, 0.25) is 0 Å². The van der Waals surface area contributed by atoms with E-state index in [0.29, 0.717) is 11.1 Å². The summed E-state index contributed by atoms with van der Waals surface area (Å²) < 4.78 is 0. The van der Waals surface area contributed by atoms with Gasteiger partial charge in [-0.3, -0.25) is 0 Å². The van der Waals surface area contributed by atoms with Crippen molar-refractivity contribution in [3.63, 3.8) is 0 Å². The number of anilines is 1. The number of hydrogen-bond acceptors (Lipinski definition) is 3. The molecule has 2 rings (SSSR count). The quantitative estimate of drug-likeness (QED) is 0.617. The lowest BCUT2D eigenvalue weighted by Gasteiger charge is -2.04. The van der Waals surface area contributed by atoms with E-state index in [2.05, 4.69) is 0 Å². The number of aromatic carboxylic acids is 1. The highest BCUT2D eigenvalue weighted by atomic mass is 16.4. The normalized spacial score (nSPS) is 10.4. The third-order valence-electron chi connectivity index (χ3n) is 2.25. The Balaban J connectivity index is 2.80. The minimum Gasteiger partial charge on any atom is -0.506 e. The summed E-state index contributed by atoms with van der Waals surface area (Å²) in [5, 5.41) is 19.7. The second-order valence-electron chi connectivity index (χ2n) is 3.25. The number of phenols is 1. The van der Waals surface area contributed by atoms with Crippen molar-refractivity contribution in [2.75, 3.05) is 5.73 Å². The highest BCUT2D eigenvalue weighted by Crippen LogP contribution is 2.29. The first-order valence-electron chi connectivity index (χ1n) is 4.34. The van der Waals surface area contributed by atoms with E-state index in [1.807, 2.05) is 0 Å². The van der Waals surface area contributed by atoms with Crippen molar-refractivity contribution < 1.29 is 15.0 Å². The molecular weight excluding hydrogens is 194 g/mol. The first-order chi connectivity index (χ1) is 7.09. The molecule has 0 saturated carbocycles. The lowest BCUT2D eigenvalue weighted by atomic mass is 10.0. The third kappa shape index (κ3) is 1.46. The van der Waals surface area contributed by atoms with E-state index in [0.717, 1.165) is 5.39 Å². The van der Waals surface area contributed by atoms with Gasteiger partial charge in [-0.05, 0) is 29.7 Å². The fourth-order valence-electron chi connectivity index (χ4n) is 1.50. The van der Waals surface area contributed by atoms with Crippen LogP contribution in [0.4, 0.5) is 5.69 Å². The number of carboxylic acids is 1. The summed E-state index contributed by atoms with van der Waals surface area (Å²) in [5.41, 5.74) is 6.04. The van der Waals surface area contributed by atoms with E-state index in [4.69, 9.17) is 10.8 Å². The zero-order chi connectivity index (χ0) is 11.0. The van der Waals surface area contributed by atoms with Gasteiger partial charge in [0.25, 0.3) is 0 Å². The predicted octanol–water partition coefficient (Wildman–Crippen LogP) is 1.83. The zero-order valence-electron chi connectivity index (χ0n) is 7.77. The van der Waals surface area contributed by atoms with Gasteiger partial charge in [0.15, 0.2) is 0 Å². The maximum absolute atomic E-state index is 10.7. The van der Waals surface area contributed by atoms with Crippen molar-refractivity contribution in [1.29, 1.82) is 0 Å². The molecule has 0 aliphatic heterocycles. The van der Waals surface area contributed by atoms with Crippen LogP contribution in [0.15, 0.2) is 30.3 Å². The number of benzene rings is 2. The average Bonchev–Trinajstić information content (AvgIpc) is 2.17. The second kappa shape index (κ2) is 3.16. The summed E-state index contributed by atoms with van der Waals surface area (Å²) in [6.07, 6.45) is 0. The molecule has 0 fully saturated rings. The van der Waals surface area contributed by atoms with Crippen LogP contribution in [-0.2, 0) is 0 Å². The van der Waals surface area contributed by atoms with E-state index in [-0.39, 0.29) is 11.3 Å². The van der Waals surface area contributed by atoms with E-state index >= 15 is 0 Å². The Morgan fingerprint density at radius 2 is 1.93 bits per heavy atom. The topological polar surface area (TPSA) is 83.5 Å². The lowest BCUT2D eigenvalue weighted by molar-refractivity contribution is 0.0694. The fourth-order valence-corrected chi connectivity index (χ4v) is 1.50. The first-order valence-corrected chi connectivity index (χ1v) is 4.34. The maximum Gasteiger partial charge on any atom is 0.339 e. The number of carbonyl (C=O) groups is 1. The van der Waals surface area contributed by atoms with Crippen LogP contribution in [0.3, 0.4) is 0 Å². The average molecular weight is 203 g/mol. The molecular formula is C11H9NO3. The Morgan fingerprint density at radius 1 is 1.20 bits per heavy atom. The monoisotopic (exact) mass is 203 g/mol. The number of fused-ring (bicyclic) bond motifs is 1. The fraction of sp³-hybridized carbons (Fsp3) is 0. The predicted molar refractivity (Wildman–Crippen MR) is 57.0 cm³/mol. The van der Waals surface area contributed by atoms with Gasteiger partial charge in [-0.2, -0.15) is 0 Å². The molecule has 0 atom stereocenters. The second-order valence-corrected chi connectivity index (χ2v) is 3.25. The number of carboxylic acid groups (broad SMARTS) is 1. The van der Waals surface area contributed by atoms with Crippen molar-refractivity contribution in [2.24, 2.45) is 0 Å². The molecule has 0 saturated heterocycles. The van der Waals surface area contributed by atoms with Gasteiger partial charge in [-0.25, -0.2) is 4.79 Å². The van der Waals surface area contributed by atoms with Crippen molar-refractivity contribution in [3.8, 4) is 5.75 Å². The van der Waals surface area contributed by atoms with Crippen LogP contribution >= 0.6 is 0 Å². The van der Waals surface area contributed by atoms with E-state index in [1.54, 1.807) is 24.3 Å². The molecule has 4 nitrogen and oxygen atoms in total. The smallest absolute Gasteiger partial charge is 0.339 e. The molecule has 0 bridgehead atoms. The minimum absolute atomic E-state index is 0.104. The molecule has 4 heteroatoms. The first kappa shape index (κ1) is 9.33. The molecule has 15 heavy (non-hydrogen) atoms. The van der Waals surface area contributed by atoms with Crippen LogP contribution in [0.5, 0.6) is 5.75 Å².